The van der Waals surface area contributed by atoms with Gasteiger partial charge in [-0.05, 0) is 37.5 Å². The van der Waals surface area contributed by atoms with Gasteiger partial charge in [0.25, 0.3) is 5.69 Å². The molecule has 7 heteroatoms. The second-order valence-electron chi connectivity index (χ2n) is 7.37. The number of nitro benzene ring substituents is 1. The maximum absolute atomic E-state index is 12.8. The van der Waals surface area contributed by atoms with E-state index in [-0.39, 0.29) is 40.8 Å². The molecule has 0 spiro atoms. The molecule has 2 amide bonds. The molecule has 1 saturated carbocycles. The molecule has 2 aliphatic rings. The Morgan fingerprint density at radius 3 is 2.29 bits per heavy atom. The highest BCUT2D eigenvalue weighted by molar-refractivity contribution is 6.22. The van der Waals surface area contributed by atoms with Crippen LogP contribution in [0.25, 0.3) is 0 Å². The molecule has 144 valence electrons. The zero-order chi connectivity index (χ0) is 19.8. The molecular weight excluding hydrogens is 360 g/mol. The highest BCUT2D eigenvalue weighted by atomic mass is 16.6. The number of non-ortho nitro benzene ring substituents is 1. The summed E-state index contributed by atoms with van der Waals surface area (Å²) in [7, 11) is 0. The lowest BCUT2D eigenvalue weighted by Crippen LogP contribution is -2.30. The smallest absolute Gasteiger partial charge is 0.275 e. The van der Waals surface area contributed by atoms with Crippen molar-refractivity contribution in [1.29, 1.82) is 0 Å². The van der Waals surface area contributed by atoms with Crippen molar-refractivity contribution in [3.05, 3.63) is 58.1 Å². The number of benzene rings is 2. The fourth-order valence-electron chi connectivity index (χ4n) is 4.09. The lowest BCUT2D eigenvalue weighted by Gasteiger charge is -2.19. The lowest BCUT2D eigenvalue weighted by atomic mass is 9.81. The predicted molar refractivity (Wildman–Crippen MR) is 102 cm³/mol. The summed E-state index contributed by atoms with van der Waals surface area (Å²) in [4.78, 5) is 37.6. The Morgan fingerprint density at radius 2 is 1.68 bits per heavy atom. The largest absolute Gasteiger partial charge is 0.457 e. The number of imide groups is 1. The topological polar surface area (TPSA) is 89.8 Å². The van der Waals surface area contributed by atoms with Crippen LogP contribution < -0.4 is 9.64 Å². The van der Waals surface area contributed by atoms with Crippen LogP contribution in [0, 0.1) is 28.9 Å². The molecule has 7 nitrogen and oxygen atoms in total. The number of carbonyl (C=O) groups excluding carboxylic acids is 2. The summed E-state index contributed by atoms with van der Waals surface area (Å²) in [5.74, 6) is -0.429. The Hall–Kier alpha value is -3.22. The molecule has 0 bridgehead atoms. The van der Waals surface area contributed by atoms with E-state index in [0.717, 1.165) is 23.3 Å². The van der Waals surface area contributed by atoms with Crippen molar-refractivity contribution in [3.63, 3.8) is 0 Å². The fraction of sp³-hybridized carbons (Fsp3) is 0.333. The Labute approximate surface area is 162 Å². The zero-order valence-corrected chi connectivity index (χ0v) is 15.5. The van der Waals surface area contributed by atoms with E-state index in [0.29, 0.717) is 18.6 Å². The van der Waals surface area contributed by atoms with Gasteiger partial charge in [-0.1, -0.05) is 25.0 Å². The number of anilines is 1. The van der Waals surface area contributed by atoms with Crippen LogP contribution in [-0.2, 0) is 9.59 Å². The van der Waals surface area contributed by atoms with E-state index in [1.807, 2.05) is 19.1 Å². The van der Waals surface area contributed by atoms with E-state index >= 15 is 0 Å². The van der Waals surface area contributed by atoms with Crippen molar-refractivity contribution in [2.24, 2.45) is 11.8 Å². The second-order valence-corrected chi connectivity index (χ2v) is 7.37. The third-order valence-corrected chi connectivity index (χ3v) is 5.41. The van der Waals surface area contributed by atoms with Crippen LogP contribution in [0.2, 0.25) is 0 Å². The first-order chi connectivity index (χ1) is 13.4. The number of amides is 2. The van der Waals surface area contributed by atoms with Gasteiger partial charge in [0.05, 0.1) is 28.5 Å². The molecule has 4 rings (SSSR count). The van der Waals surface area contributed by atoms with Gasteiger partial charge in [0, 0.05) is 12.1 Å². The Balaban J connectivity index is 1.72. The summed E-state index contributed by atoms with van der Waals surface area (Å²) < 4.78 is 5.79. The standard InChI is InChI=1S/C21H20N2O5/c1-13-5-4-6-16(9-13)28-17-11-14(10-15(12-17)23(26)27)22-20(24)18-7-2-3-8-19(18)21(22)25/h4-6,9-12,18-19H,2-3,7-8H2,1H3/t18-,19+. The van der Waals surface area contributed by atoms with Crippen molar-refractivity contribution < 1.29 is 19.2 Å². The Kier molecular flexibility index (Phi) is 4.58. The molecule has 0 N–H and O–H groups in total. The summed E-state index contributed by atoms with van der Waals surface area (Å²) in [6.45, 7) is 1.91. The molecule has 2 aromatic carbocycles. The van der Waals surface area contributed by atoms with E-state index in [4.69, 9.17) is 4.74 Å². The van der Waals surface area contributed by atoms with Crippen molar-refractivity contribution in [3.8, 4) is 11.5 Å². The van der Waals surface area contributed by atoms with Gasteiger partial charge in [-0.15, -0.1) is 0 Å². The third-order valence-electron chi connectivity index (χ3n) is 5.41. The minimum Gasteiger partial charge on any atom is -0.457 e. The number of ether oxygens (including phenoxy) is 1. The number of fused-ring (bicyclic) bond motifs is 1. The fourth-order valence-corrected chi connectivity index (χ4v) is 4.09. The molecule has 28 heavy (non-hydrogen) atoms. The van der Waals surface area contributed by atoms with E-state index in [1.165, 1.54) is 18.2 Å². The van der Waals surface area contributed by atoms with E-state index in [9.17, 15) is 19.7 Å². The first-order valence-corrected chi connectivity index (χ1v) is 9.36. The van der Waals surface area contributed by atoms with Crippen molar-refractivity contribution >= 4 is 23.2 Å². The van der Waals surface area contributed by atoms with Crippen LogP contribution in [0.15, 0.2) is 42.5 Å². The molecule has 0 radical (unpaired) electrons. The number of nitro groups is 1. The third kappa shape index (κ3) is 3.24. The van der Waals surface area contributed by atoms with Gasteiger partial charge in [-0.25, -0.2) is 4.90 Å². The van der Waals surface area contributed by atoms with Crippen molar-refractivity contribution in [1.82, 2.24) is 0 Å². The van der Waals surface area contributed by atoms with Crippen LogP contribution in [0.3, 0.4) is 0 Å². The molecule has 0 aromatic heterocycles. The van der Waals surface area contributed by atoms with Crippen molar-refractivity contribution in [2.75, 3.05) is 4.90 Å². The molecule has 1 heterocycles. The zero-order valence-electron chi connectivity index (χ0n) is 15.5. The van der Waals surface area contributed by atoms with Gasteiger partial charge in [-0.2, -0.15) is 0 Å². The Morgan fingerprint density at radius 1 is 1.00 bits per heavy atom. The molecular formula is C21H20N2O5. The van der Waals surface area contributed by atoms with E-state index in [2.05, 4.69) is 0 Å². The van der Waals surface area contributed by atoms with Gasteiger partial charge >= 0.3 is 0 Å². The average Bonchev–Trinajstić information content (AvgIpc) is 2.92. The van der Waals surface area contributed by atoms with Gasteiger partial charge < -0.3 is 4.74 Å². The van der Waals surface area contributed by atoms with Crippen LogP contribution in [0.5, 0.6) is 11.5 Å². The predicted octanol–water partition coefficient (Wildman–Crippen LogP) is 4.38. The summed E-state index contributed by atoms with van der Waals surface area (Å²) in [6.07, 6.45) is 3.22. The average molecular weight is 380 g/mol. The quantitative estimate of drug-likeness (QED) is 0.446. The number of hydrogen-bond acceptors (Lipinski definition) is 5. The first-order valence-electron chi connectivity index (χ1n) is 9.36. The van der Waals surface area contributed by atoms with Crippen LogP contribution in [0.4, 0.5) is 11.4 Å². The highest BCUT2D eigenvalue weighted by Gasteiger charge is 2.49. The number of aryl methyl sites for hydroxylation is 1. The molecule has 2 fully saturated rings. The highest BCUT2D eigenvalue weighted by Crippen LogP contribution is 2.42. The van der Waals surface area contributed by atoms with E-state index in [1.54, 1.807) is 12.1 Å². The number of hydrogen-bond donors (Lipinski definition) is 0. The molecule has 1 saturated heterocycles. The summed E-state index contributed by atoms with van der Waals surface area (Å²) in [5, 5.41) is 11.4. The first kappa shape index (κ1) is 18.2. The molecule has 1 aliphatic heterocycles. The second kappa shape index (κ2) is 7.07. The summed E-state index contributed by atoms with van der Waals surface area (Å²) >= 11 is 0. The van der Waals surface area contributed by atoms with Crippen LogP contribution in [-0.4, -0.2) is 16.7 Å². The molecule has 2 aromatic rings. The number of carbonyl (C=O) groups is 2. The monoisotopic (exact) mass is 380 g/mol. The summed E-state index contributed by atoms with van der Waals surface area (Å²) in [5.41, 5.74) is 0.953. The van der Waals surface area contributed by atoms with Gasteiger partial charge in [-0.3, -0.25) is 19.7 Å². The van der Waals surface area contributed by atoms with Crippen molar-refractivity contribution in [2.45, 2.75) is 32.6 Å². The minimum absolute atomic E-state index is 0.196. The number of rotatable bonds is 4. The SMILES string of the molecule is Cc1cccc(Oc2cc(N3C(=O)[C@H]4CCCC[C@H]4C3=O)cc([N+](=O)[O-])c2)c1. The van der Waals surface area contributed by atoms with Gasteiger partial charge in [0.15, 0.2) is 0 Å². The molecule has 1 aliphatic carbocycles. The summed E-state index contributed by atoms with van der Waals surface area (Å²) in [6, 6.07) is 11.4. The molecule has 0 unspecified atom stereocenters. The number of nitrogens with zero attached hydrogens (tertiary/aromatic N) is 2. The van der Waals surface area contributed by atoms with E-state index < -0.39 is 4.92 Å². The normalized spacial score (nSPS) is 21.5. The maximum Gasteiger partial charge on any atom is 0.275 e. The Bertz CT molecular complexity index is 947. The minimum atomic E-state index is -0.551. The van der Waals surface area contributed by atoms with Gasteiger partial charge in [0.1, 0.15) is 11.5 Å². The van der Waals surface area contributed by atoms with Crippen LogP contribution in [0.1, 0.15) is 31.2 Å². The molecule has 2 atom stereocenters. The van der Waals surface area contributed by atoms with Gasteiger partial charge in [0.2, 0.25) is 11.8 Å². The van der Waals surface area contributed by atoms with Crippen LogP contribution >= 0.6 is 0 Å². The lowest BCUT2D eigenvalue weighted by molar-refractivity contribution is -0.384. The maximum atomic E-state index is 12.8.